The third-order valence-corrected chi connectivity index (χ3v) is 3.20. The van der Waals surface area contributed by atoms with E-state index in [-0.39, 0.29) is 0 Å². The number of hydrogen-bond donors (Lipinski definition) is 0. The summed E-state index contributed by atoms with van der Waals surface area (Å²) in [6.07, 6.45) is 1.23. The van der Waals surface area contributed by atoms with Crippen molar-refractivity contribution in [3.8, 4) is 0 Å². The van der Waals surface area contributed by atoms with Gasteiger partial charge in [0.2, 0.25) is 0 Å². The van der Waals surface area contributed by atoms with Crippen LogP contribution in [0.2, 0.25) is 0 Å². The molecule has 0 aliphatic carbocycles. The Morgan fingerprint density at radius 2 is 1.57 bits per heavy atom. The molecule has 2 nitrogen and oxygen atoms in total. The topological polar surface area (TPSA) is 34.1 Å². The zero-order valence-electron chi connectivity index (χ0n) is 9.46. The van der Waals surface area contributed by atoms with E-state index in [2.05, 4.69) is 0 Å². The van der Waals surface area contributed by atoms with Crippen molar-refractivity contribution in [1.82, 2.24) is 0 Å². The van der Waals surface area contributed by atoms with E-state index in [1.165, 1.54) is 6.26 Å². The smallest absolute Gasteiger partial charge is 0.175 e. The van der Waals surface area contributed by atoms with E-state index in [1.807, 2.05) is 33.8 Å². The lowest BCUT2D eigenvalue weighted by Gasteiger charge is -2.05. The van der Waals surface area contributed by atoms with Gasteiger partial charge in [0.1, 0.15) is 0 Å². The number of sulfone groups is 1. The van der Waals surface area contributed by atoms with Crippen LogP contribution in [0, 0.1) is 13.8 Å². The van der Waals surface area contributed by atoms with Crippen molar-refractivity contribution >= 4 is 9.84 Å². The summed E-state index contributed by atoms with van der Waals surface area (Å²) in [5, 5.41) is 0. The molecule has 0 aliphatic rings. The number of rotatable bonds is 1. The van der Waals surface area contributed by atoms with Gasteiger partial charge < -0.3 is 0 Å². The van der Waals surface area contributed by atoms with Gasteiger partial charge in [-0.25, -0.2) is 8.42 Å². The molecule has 0 N–H and O–H groups in total. The summed E-state index contributed by atoms with van der Waals surface area (Å²) in [5.74, 6) is 0. The van der Waals surface area contributed by atoms with E-state index in [9.17, 15) is 8.42 Å². The van der Waals surface area contributed by atoms with Gasteiger partial charge in [-0.3, -0.25) is 0 Å². The van der Waals surface area contributed by atoms with Gasteiger partial charge in [-0.2, -0.15) is 0 Å². The highest BCUT2D eigenvalue weighted by Crippen LogP contribution is 2.17. The maximum atomic E-state index is 11.2. The molecular weight excluding hydrogens is 196 g/mol. The first kappa shape index (κ1) is 13.2. The predicted molar refractivity (Wildman–Crippen MR) is 60.4 cm³/mol. The van der Waals surface area contributed by atoms with Gasteiger partial charge in [-0.1, -0.05) is 26.0 Å². The lowest BCUT2D eigenvalue weighted by atomic mass is 10.1. The molecule has 0 aromatic heterocycles. The van der Waals surface area contributed by atoms with Gasteiger partial charge in [0.15, 0.2) is 9.84 Å². The van der Waals surface area contributed by atoms with Gasteiger partial charge in [0, 0.05) is 6.26 Å². The molecule has 1 aromatic carbocycles. The summed E-state index contributed by atoms with van der Waals surface area (Å²) < 4.78 is 22.4. The average Bonchev–Trinajstić information content (AvgIpc) is 2.11. The first-order chi connectivity index (χ1) is 6.43. The van der Waals surface area contributed by atoms with Crippen LogP contribution in [0.4, 0.5) is 0 Å². The summed E-state index contributed by atoms with van der Waals surface area (Å²) in [4.78, 5) is 0.433. The minimum atomic E-state index is -3.06. The maximum Gasteiger partial charge on any atom is 0.175 e. The van der Waals surface area contributed by atoms with Crippen molar-refractivity contribution < 1.29 is 8.42 Å². The Morgan fingerprint density at radius 3 is 1.93 bits per heavy atom. The number of benzene rings is 1. The largest absolute Gasteiger partial charge is 0.224 e. The van der Waals surface area contributed by atoms with Crippen molar-refractivity contribution in [2.45, 2.75) is 32.6 Å². The Morgan fingerprint density at radius 1 is 1.07 bits per heavy atom. The highest BCUT2D eigenvalue weighted by Gasteiger charge is 2.10. The second-order valence-corrected chi connectivity index (χ2v) is 4.95. The molecule has 0 spiro atoms. The Labute approximate surface area is 86.9 Å². The molecule has 0 unspecified atom stereocenters. The fourth-order valence-corrected chi connectivity index (χ4v) is 2.17. The minimum absolute atomic E-state index is 0.433. The van der Waals surface area contributed by atoms with E-state index in [0.29, 0.717) is 4.90 Å². The van der Waals surface area contributed by atoms with Crippen molar-refractivity contribution in [3.05, 3.63) is 29.3 Å². The van der Waals surface area contributed by atoms with Crippen molar-refractivity contribution in [3.63, 3.8) is 0 Å². The highest BCUT2D eigenvalue weighted by molar-refractivity contribution is 7.90. The van der Waals surface area contributed by atoms with Gasteiger partial charge in [-0.05, 0) is 31.0 Å². The second kappa shape index (κ2) is 5.15. The molecule has 0 saturated carbocycles. The molecule has 0 heterocycles. The Hall–Kier alpha value is -0.830. The van der Waals surface area contributed by atoms with E-state index in [0.717, 1.165) is 11.1 Å². The molecule has 0 radical (unpaired) electrons. The Kier molecular flexibility index (Phi) is 4.85. The van der Waals surface area contributed by atoms with Crippen LogP contribution in [0.1, 0.15) is 25.0 Å². The third-order valence-electron chi connectivity index (χ3n) is 1.95. The fourth-order valence-electron chi connectivity index (χ4n) is 1.13. The molecule has 0 atom stereocenters. The van der Waals surface area contributed by atoms with Crippen molar-refractivity contribution in [2.75, 3.05) is 6.26 Å². The lowest BCUT2D eigenvalue weighted by Crippen LogP contribution is -2.00. The minimum Gasteiger partial charge on any atom is -0.224 e. The molecule has 0 saturated heterocycles. The molecule has 14 heavy (non-hydrogen) atoms. The van der Waals surface area contributed by atoms with Crippen LogP contribution in [0.5, 0.6) is 0 Å². The SMILES string of the molecule is CC.Cc1cccc(S(C)(=O)=O)c1C. The van der Waals surface area contributed by atoms with Gasteiger partial charge in [0.05, 0.1) is 4.90 Å². The highest BCUT2D eigenvalue weighted by atomic mass is 32.2. The zero-order chi connectivity index (χ0) is 11.4. The first-order valence-electron chi connectivity index (χ1n) is 4.69. The van der Waals surface area contributed by atoms with E-state index in [1.54, 1.807) is 12.1 Å². The van der Waals surface area contributed by atoms with Gasteiger partial charge in [0.25, 0.3) is 0 Å². The molecule has 0 fully saturated rings. The standard InChI is InChI=1S/C9H12O2S.C2H6/c1-7-5-4-6-9(8(7)2)12(3,10)11;1-2/h4-6H,1-3H3;1-2H3. The molecule has 80 valence electrons. The van der Waals surface area contributed by atoms with E-state index in [4.69, 9.17) is 0 Å². The lowest BCUT2D eigenvalue weighted by molar-refractivity contribution is 0.601. The monoisotopic (exact) mass is 214 g/mol. The van der Waals surface area contributed by atoms with Crippen LogP contribution in [0.15, 0.2) is 23.1 Å². The Balaban J connectivity index is 0.000000791. The zero-order valence-corrected chi connectivity index (χ0v) is 10.3. The van der Waals surface area contributed by atoms with E-state index >= 15 is 0 Å². The number of aryl methyl sites for hydroxylation is 1. The van der Waals surface area contributed by atoms with Crippen molar-refractivity contribution in [2.24, 2.45) is 0 Å². The van der Waals surface area contributed by atoms with Crippen LogP contribution < -0.4 is 0 Å². The van der Waals surface area contributed by atoms with Crippen LogP contribution in [0.3, 0.4) is 0 Å². The van der Waals surface area contributed by atoms with Gasteiger partial charge >= 0.3 is 0 Å². The van der Waals surface area contributed by atoms with Crippen LogP contribution in [-0.4, -0.2) is 14.7 Å². The van der Waals surface area contributed by atoms with Crippen LogP contribution in [-0.2, 0) is 9.84 Å². The molecular formula is C11H18O2S. The quantitative estimate of drug-likeness (QED) is 0.720. The predicted octanol–water partition coefficient (Wildman–Crippen LogP) is 2.73. The molecule has 0 amide bonds. The second-order valence-electron chi connectivity index (χ2n) is 2.97. The molecule has 1 rings (SSSR count). The number of hydrogen-bond acceptors (Lipinski definition) is 2. The molecule has 0 aliphatic heterocycles. The van der Waals surface area contributed by atoms with Crippen LogP contribution >= 0.6 is 0 Å². The molecule has 3 heteroatoms. The van der Waals surface area contributed by atoms with Crippen LogP contribution in [0.25, 0.3) is 0 Å². The summed E-state index contributed by atoms with van der Waals surface area (Å²) in [6, 6.07) is 5.31. The summed E-state index contributed by atoms with van der Waals surface area (Å²) in [5.41, 5.74) is 1.86. The van der Waals surface area contributed by atoms with E-state index < -0.39 is 9.84 Å². The summed E-state index contributed by atoms with van der Waals surface area (Å²) in [7, 11) is -3.06. The fraction of sp³-hybridized carbons (Fsp3) is 0.455. The summed E-state index contributed by atoms with van der Waals surface area (Å²) in [6.45, 7) is 7.73. The first-order valence-corrected chi connectivity index (χ1v) is 6.58. The van der Waals surface area contributed by atoms with Crippen molar-refractivity contribution in [1.29, 1.82) is 0 Å². The average molecular weight is 214 g/mol. The summed E-state index contributed by atoms with van der Waals surface area (Å²) >= 11 is 0. The third kappa shape index (κ3) is 3.14. The normalized spacial score (nSPS) is 10.4. The van der Waals surface area contributed by atoms with Gasteiger partial charge in [-0.15, -0.1) is 0 Å². The molecule has 1 aromatic rings. The Bertz CT molecular complexity index is 392. The molecule has 0 bridgehead atoms. The maximum absolute atomic E-state index is 11.2.